The monoisotopic (exact) mass is 934 g/mol. The second kappa shape index (κ2) is 19.5. The molecule has 5 aromatic rings. The molecule has 7 rings (SSSR count). The van der Waals surface area contributed by atoms with Gasteiger partial charge >= 0.3 is 0 Å². The number of amides is 2. The van der Waals surface area contributed by atoms with Gasteiger partial charge in [-0.2, -0.15) is 4.98 Å². The van der Waals surface area contributed by atoms with Crippen LogP contribution in [0.3, 0.4) is 0 Å². The molecule has 2 aromatic heterocycles. The molecule has 61 heavy (non-hydrogen) atoms. The van der Waals surface area contributed by atoms with Crippen molar-refractivity contribution in [2.75, 3.05) is 68.7 Å². The minimum atomic E-state index is -2.78. The van der Waals surface area contributed by atoms with Crippen LogP contribution in [-0.2, 0) is 27.0 Å². The van der Waals surface area contributed by atoms with Crippen molar-refractivity contribution in [3.63, 3.8) is 0 Å². The standard InChI is InChI=1S/C43H50BrClFN10O4P/c1-5-25-21-35(53-43-51-24-30(44)41(55-43)52-34-8-7-33-39(50-17-16-49-33)40(34)61(3,4)59)37(60-2)23-36(25)56-18-11-27(12-19-56)48-15-14-47-13-10-26-20-31(45)29(22-32(26)46)28-6-9-38(57)54-42(28)58/h7-8,16-17,20-24,27-28,47-48H,5-6,9-15,18-19H2,1-4H3,(H,54,57,58)(H2,51,52,53,55). The number of aryl methyl sites for hydroxylation is 1. The van der Waals surface area contributed by atoms with Crippen LogP contribution >= 0.6 is 34.7 Å². The minimum Gasteiger partial charge on any atom is -0.494 e. The van der Waals surface area contributed by atoms with Crippen LogP contribution in [-0.4, -0.2) is 91.0 Å². The molecule has 0 bridgehead atoms. The van der Waals surface area contributed by atoms with Crippen LogP contribution in [0, 0.1) is 5.82 Å². The molecule has 1 unspecified atom stereocenters. The van der Waals surface area contributed by atoms with Crippen molar-refractivity contribution in [1.82, 2.24) is 35.9 Å². The fourth-order valence-corrected chi connectivity index (χ4v) is 9.98. The van der Waals surface area contributed by atoms with E-state index >= 15 is 0 Å². The van der Waals surface area contributed by atoms with Crippen molar-refractivity contribution >= 4 is 91.7 Å². The predicted molar refractivity (Wildman–Crippen MR) is 244 cm³/mol. The lowest BCUT2D eigenvalue weighted by molar-refractivity contribution is -0.134. The first-order valence-corrected chi connectivity index (χ1v) is 24.2. The normalized spacial score (nSPS) is 16.2. The average molecular weight is 936 g/mol. The Bertz CT molecular complexity index is 2480. The summed E-state index contributed by atoms with van der Waals surface area (Å²) in [6.07, 6.45) is 8.64. The molecule has 0 aliphatic carbocycles. The lowest BCUT2D eigenvalue weighted by Gasteiger charge is -2.35. The summed E-state index contributed by atoms with van der Waals surface area (Å²) in [5.74, 6) is -0.268. The van der Waals surface area contributed by atoms with Crippen LogP contribution in [0.4, 0.5) is 33.2 Å². The second-order valence-corrected chi connectivity index (χ2v) is 20.0. The van der Waals surface area contributed by atoms with E-state index in [1.807, 2.05) is 12.1 Å². The number of methoxy groups -OCH3 is 1. The van der Waals surface area contributed by atoms with Gasteiger partial charge in [-0.15, -0.1) is 0 Å². The Morgan fingerprint density at radius 1 is 0.984 bits per heavy atom. The van der Waals surface area contributed by atoms with E-state index in [1.165, 1.54) is 11.6 Å². The zero-order valence-corrected chi connectivity index (χ0v) is 37.8. The third-order valence-corrected chi connectivity index (χ3v) is 13.5. The number of benzene rings is 3. The summed E-state index contributed by atoms with van der Waals surface area (Å²) in [6, 6.07) is 11.2. The summed E-state index contributed by atoms with van der Waals surface area (Å²) < 4.78 is 35.0. The average Bonchev–Trinajstić information content (AvgIpc) is 3.24. The maximum absolute atomic E-state index is 15.0. The Morgan fingerprint density at radius 3 is 2.51 bits per heavy atom. The number of ether oxygens (including phenoxy) is 1. The molecule has 14 nitrogen and oxygen atoms in total. The Labute approximate surface area is 368 Å². The van der Waals surface area contributed by atoms with Gasteiger partial charge in [-0.1, -0.05) is 18.5 Å². The van der Waals surface area contributed by atoms with Crippen molar-refractivity contribution in [3.8, 4) is 5.75 Å². The fourth-order valence-electron chi connectivity index (χ4n) is 7.98. The smallest absolute Gasteiger partial charge is 0.234 e. The zero-order chi connectivity index (χ0) is 43.3. The molecule has 0 radical (unpaired) electrons. The summed E-state index contributed by atoms with van der Waals surface area (Å²) in [7, 11) is -1.13. The Hall–Kier alpha value is -4.73. The van der Waals surface area contributed by atoms with Crippen molar-refractivity contribution < 1.29 is 23.3 Å². The first kappa shape index (κ1) is 44.3. The van der Waals surface area contributed by atoms with Gasteiger partial charge in [0.2, 0.25) is 17.8 Å². The number of aromatic nitrogens is 4. The van der Waals surface area contributed by atoms with Gasteiger partial charge in [0.25, 0.3) is 0 Å². The number of rotatable bonds is 16. The van der Waals surface area contributed by atoms with Gasteiger partial charge in [0.05, 0.1) is 39.7 Å². The molecule has 2 aliphatic heterocycles. The summed E-state index contributed by atoms with van der Waals surface area (Å²) in [5, 5.41) is 17.0. The van der Waals surface area contributed by atoms with Crippen molar-refractivity contribution in [2.24, 2.45) is 0 Å². The number of nitrogens with zero attached hydrogens (tertiary/aromatic N) is 5. The highest BCUT2D eigenvalue weighted by molar-refractivity contribution is 9.10. The molecule has 5 N–H and O–H groups in total. The van der Waals surface area contributed by atoms with E-state index in [4.69, 9.17) is 21.3 Å². The number of carbonyl (C=O) groups is 2. The highest BCUT2D eigenvalue weighted by Gasteiger charge is 2.30. The summed E-state index contributed by atoms with van der Waals surface area (Å²) in [6.45, 7) is 9.43. The van der Waals surface area contributed by atoms with Crippen LogP contribution in [0.5, 0.6) is 5.75 Å². The number of hydrogen-bond acceptors (Lipinski definition) is 13. The number of piperidine rings is 2. The van der Waals surface area contributed by atoms with Gasteiger partial charge in [0, 0.05) is 74.0 Å². The van der Waals surface area contributed by atoms with E-state index in [1.54, 1.807) is 45.1 Å². The van der Waals surface area contributed by atoms with Crippen molar-refractivity contribution in [2.45, 2.75) is 57.4 Å². The third kappa shape index (κ3) is 10.5. The molecule has 2 amide bonds. The lowest BCUT2D eigenvalue weighted by Crippen LogP contribution is -2.44. The SMILES string of the molecule is CCc1cc(Nc2ncc(Br)c(Nc3ccc4nccnc4c3P(C)(C)=O)n2)c(OC)cc1N1CCC(NCCNCCc2cc(Cl)c(C3CCC(=O)NC3=O)cc2F)CC1. The minimum absolute atomic E-state index is 0.207. The maximum atomic E-state index is 15.0. The van der Waals surface area contributed by atoms with Gasteiger partial charge in [0.15, 0.2) is 0 Å². The number of hydrogen-bond donors (Lipinski definition) is 5. The Morgan fingerprint density at radius 2 is 1.77 bits per heavy atom. The molecule has 0 saturated carbocycles. The van der Waals surface area contributed by atoms with Crippen LogP contribution in [0.2, 0.25) is 5.02 Å². The topological polar surface area (TPSA) is 175 Å². The molecule has 18 heteroatoms. The van der Waals surface area contributed by atoms with Gasteiger partial charge in [-0.05, 0) is 115 Å². The number of anilines is 5. The van der Waals surface area contributed by atoms with E-state index in [0.717, 1.165) is 56.8 Å². The van der Waals surface area contributed by atoms with E-state index in [2.05, 4.69) is 81.4 Å². The van der Waals surface area contributed by atoms with Crippen LogP contribution in [0.1, 0.15) is 55.2 Å². The van der Waals surface area contributed by atoms with Crippen LogP contribution < -0.4 is 41.5 Å². The van der Waals surface area contributed by atoms with E-state index in [9.17, 15) is 18.5 Å². The van der Waals surface area contributed by atoms with Gasteiger partial charge in [-0.25, -0.2) is 9.37 Å². The zero-order valence-electron chi connectivity index (χ0n) is 34.6. The van der Waals surface area contributed by atoms with E-state index in [0.29, 0.717) is 85.6 Å². The molecule has 2 aliphatic rings. The molecular formula is C43H50BrClFN10O4P. The summed E-state index contributed by atoms with van der Waals surface area (Å²) >= 11 is 10.0. The van der Waals surface area contributed by atoms with Gasteiger partial charge < -0.3 is 35.5 Å². The number of carbonyl (C=O) groups excluding carboxylic acids is 2. The number of fused-ring (bicyclic) bond motifs is 1. The number of halogens is 3. The first-order valence-electron chi connectivity index (χ1n) is 20.4. The second-order valence-electron chi connectivity index (χ2n) is 15.6. The largest absolute Gasteiger partial charge is 0.494 e. The third-order valence-electron chi connectivity index (χ3n) is 11.1. The Balaban J connectivity index is 0.917. The number of nitrogens with one attached hydrogen (secondary N) is 5. The summed E-state index contributed by atoms with van der Waals surface area (Å²) in [4.78, 5) is 44.4. The molecule has 2 fully saturated rings. The molecule has 1 atom stereocenters. The highest BCUT2D eigenvalue weighted by atomic mass is 79.9. The van der Waals surface area contributed by atoms with Gasteiger partial charge in [-0.3, -0.25) is 24.9 Å². The van der Waals surface area contributed by atoms with E-state index in [-0.39, 0.29) is 12.3 Å². The molecule has 4 heterocycles. The lowest BCUT2D eigenvalue weighted by atomic mass is 9.89. The molecule has 3 aromatic carbocycles. The van der Waals surface area contributed by atoms with Crippen molar-refractivity contribution in [1.29, 1.82) is 0 Å². The molecular weight excluding hydrogens is 886 g/mol. The summed E-state index contributed by atoms with van der Waals surface area (Å²) in [5.41, 5.74) is 5.83. The first-order chi connectivity index (χ1) is 29.3. The predicted octanol–water partition coefficient (Wildman–Crippen LogP) is 7.19. The number of imide groups is 1. The molecule has 322 valence electrons. The highest BCUT2D eigenvalue weighted by Crippen LogP contribution is 2.42. The fraction of sp³-hybridized carbons (Fsp3) is 0.395. The van der Waals surface area contributed by atoms with Gasteiger partial charge in [0.1, 0.15) is 30.0 Å². The van der Waals surface area contributed by atoms with Crippen molar-refractivity contribution in [3.05, 3.63) is 87.0 Å². The molecule has 0 spiro atoms. The Kier molecular flexibility index (Phi) is 14.2. The quantitative estimate of drug-likeness (QED) is 0.0382. The maximum Gasteiger partial charge on any atom is 0.234 e. The van der Waals surface area contributed by atoms with Crippen LogP contribution in [0.25, 0.3) is 11.0 Å². The molecule has 2 saturated heterocycles. The van der Waals surface area contributed by atoms with E-state index < -0.39 is 24.8 Å². The van der Waals surface area contributed by atoms with Crippen LogP contribution in [0.15, 0.2) is 59.5 Å².